The first-order chi connectivity index (χ1) is 6.39. The zero-order valence-corrected chi connectivity index (χ0v) is 18.5. The highest BCUT2D eigenvalue weighted by Gasteiger charge is 2.18. The van der Waals surface area contributed by atoms with Crippen LogP contribution in [0.1, 0.15) is 0 Å². The van der Waals surface area contributed by atoms with E-state index in [1.165, 1.54) is 0 Å². The summed E-state index contributed by atoms with van der Waals surface area (Å²) in [6.07, 6.45) is 0. The highest BCUT2D eigenvalue weighted by Crippen LogP contribution is 2.31. The number of hydrogen-bond acceptors (Lipinski definition) is 11. The van der Waals surface area contributed by atoms with Gasteiger partial charge in [-0.15, -0.1) is 0 Å². The lowest BCUT2D eigenvalue weighted by atomic mass is 29.7. The van der Waals surface area contributed by atoms with Crippen LogP contribution in [0, 0.1) is 0 Å². The summed E-state index contributed by atoms with van der Waals surface area (Å²) >= 11 is 51.2. The third kappa shape index (κ3) is 3.94. The van der Waals surface area contributed by atoms with Crippen LogP contribution in [-0.4, -0.2) is 0 Å². The average molecular weight is 480 g/mol. The van der Waals surface area contributed by atoms with E-state index in [9.17, 15) is 0 Å². The highest BCUT2D eigenvalue weighted by molar-refractivity contribution is 9.54. The summed E-state index contributed by atoms with van der Waals surface area (Å²) in [5.41, 5.74) is 0. The van der Waals surface area contributed by atoms with Crippen molar-refractivity contribution in [1.82, 2.24) is 0 Å². The second-order valence-corrected chi connectivity index (χ2v) is 45.1. The van der Waals surface area contributed by atoms with Crippen molar-refractivity contribution in [1.29, 1.82) is 0 Å². The van der Waals surface area contributed by atoms with E-state index >= 15 is 0 Å². The van der Waals surface area contributed by atoms with Gasteiger partial charge < -0.3 is 0 Å². The van der Waals surface area contributed by atoms with Gasteiger partial charge in [0, 0.05) is 11.0 Å². The molecule has 0 unspecified atom stereocenters. The van der Waals surface area contributed by atoms with Gasteiger partial charge in [0.1, 0.15) is 0 Å². The Morgan fingerprint density at radius 1 is 0.800 bits per heavy atom. The van der Waals surface area contributed by atoms with Gasteiger partial charge in [-0.25, -0.2) is 22.4 Å². The van der Waals surface area contributed by atoms with Gasteiger partial charge in [-0.3, -0.25) is 7.05 Å². The van der Waals surface area contributed by atoms with Gasteiger partial charge >= 0.3 is 0 Å². The van der Waals surface area contributed by atoms with Crippen LogP contribution < -0.4 is 0 Å². The van der Waals surface area contributed by atoms with Crippen LogP contribution in [-0.2, 0) is 136 Å². The van der Waals surface area contributed by atoms with E-state index in [1.54, 1.807) is 0 Å². The van der Waals surface area contributed by atoms with Crippen molar-refractivity contribution in [3.05, 3.63) is 0 Å². The van der Waals surface area contributed by atoms with Gasteiger partial charge in [-0.2, -0.15) is 0 Å². The molecule has 0 fully saturated rings. The Bertz CT molecular complexity index is 616. The normalized spacial score (nSPS) is 13.9. The minimum atomic E-state index is -2.42. The number of hydrogen-bond donors (Lipinski definition) is 0. The Balaban J connectivity index is 6.54. The molecule has 15 heteroatoms. The molecular weight excluding hydrogens is 480 g/mol. The molecule has 0 bridgehead atoms. The zero-order chi connectivity index (χ0) is 12.7. The summed E-state index contributed by atoms with van der Waals surface area (Å²) in [5.74, 6) is -2.30. The Hall–Kier alpha value is 3.90. The molecule has 0 saturated carbocycles. The van der Waals surface area contributed by atoms with Crippen molar-refractivity contribution < 1.29 is 0 Å². The van der Waals surface area contributed by atoms with Crippen LogP contribution in [0.2, 0.25) is 0 Å². The Morgan fingerprint density at radius 3 is 1.33 bits per heavy atom. The van der Waals surface area contributed by atoms with Crippen molar-refractivity contribution in [2.75, 3.05) is 0 Å². The molecule has 90 valence electrons. The van der Waals surface area contributed by atoms with E-state index in [4.69, 9.17) is 113 Å². The van der Waals surface area contributed by atoms with E-state index in [-0.39, 0.29) is 0 Å². The molecule has 0 spiro atoms. The van der Waals surface area contributed by atoms with E-state index < -0.39 is 27.9 Å². The Morgan fingerprint density at radius 2 is 1.13 bits per heavy atom. The fourth-order valence-corrected chi connectivity index (χ4v) is 60.2. The Labute approximate surface area is 138 Å². The van der Waals surface area contributed by atoms with Crippen LogP contribution in [0.3, 0.4) is 0 Å². The molecule has 0 aliphatic carbocycles. The second-order valence-electron chi connectivity index (χ2n) is 1.67. The largest absolute Gasteiger partial charge is 0.271 e. The van der Waals surface area contributed by atoms with Crippen molar-refractivity contribution in [3.8, 4) is 0 Å². The van der Waals surface area contributed by atoms with Gasteiger partial charge in [0.15, 0.2) is 0 Å². The summed E-state index contributed by atoms with van der Waals surface area (Å²) in [5, 5.41) is -4.75. The summed E-state index contributed by atoms with van der Waals surface area (Å²) in [6, 6.07) is 0. The standard InChI is InChI=1S/PS14/c2-1(3)13(6,7)15(10,11)14(8,9)12(4)5/q-1. The maximum absolute atomic E-state index is 5.28. The molecule has 0 saturated heterocycles. The molecule has 0 aromatic heterocycles. The molecule has 0 amide bonds. The maximum atomic E-state index is 5.28. The monoisotopic (exact) mass is 479 g/mol. The SMILES string of the molecule is S=P(=S)S(=S)(=S)S(=S)(=S)S(=S)(=S)[S-](=S)=S. The van der Waals surface area contributed by atoms with E-state index in [2.05, 4.69) is 0 Å². The molecule has 0 radical (unpaired) electrons. The molecule has 0 aromatic rings. The minimum Gasteiger partial charge on any atom is -0.271 e. The van der Waals surface area contributed by atoms with Crippen molar-refractivity contribution >= 4 is 141 Å². The molecule has 0 aliphatic heterocycles. The van der Waals surface area contributed by atoms with Crippen molar-refractivity contribution in [2.24, 2.45) is 0 Å². The lowest BCUT2D eigenvalue weighted by Gasteiger charge is -2.23. The van der Waals surface area contributed by atoms with Crippen LogP contribution in [0.15, 0.2) is 0 Å². The number of rotatable bonds is 4. The average Bonchev–Trinajstić information content (AvgIpc) is 2.02. The smallest absolute Gasteiger partial charge is 0.0882 e. The summed E-state index contributed by atoms with van der Waals surface area (Å²) in [6.45, 7) is 0. The van der Waals surface area contributed by atoms with E-state index in [0.717, 1.165) is 0 Å². The fourth-order valence-electron chi connectivity index (χ4n) is 0.248. The summed E-state index contributed by atoms with van der Waals surface area (Å²) < 4.78 is -1.41. The minimum absolute atomic E-state index is 1.04. The first-order valence-electron chi connectivity index (χ1n) is 2.38. The predicted octanol–water partition coefficient (Wildman–Crippen LogP) is 0.828. The topological polar surface area (TPSA) is 0 Å². The quantitative estimate of drug-likeness (QED) is 0.321. The molecule has 0 atom stereocenters. The van der Waals surface area contributed by atoms with Crippen molar-refractivity contribution in [2.45, 2.75) is 0 Å². The van der Waals surface area contributed by atoms with E-state index in [1.807, 2.05) is 0 Å². The first-order valence-corrected chi connectivity index (χ1v) is 21.4. The third-order valence-corrected chi connectivity index (χ3v) is 69.4. The van der Waals surface area contributed by atoms with Gasteiger partial charge in [-0.1, -0.05) is 27.6 Å². The fraction of sp³-hybridized carbons (Fsp3) is 0. The molecule has 0 rings (SSSR count). The summed E-state index contributed by atoms with van der Waals surface area (Å²) in [7, 11) is -1.04. The lowest BCUT2D eigenvalue weighted by molar-refractivity contribution is 5.14. The van der Waals surface area contributed by atoms with Gasteiger partial charge in [0.05, 0.1) is 4.67 Å². The second kappa shape index (κ2) is 6.57. The van der Waals surface area contributed by atoms with Gasteiger partial charge in [0.2, 0.25) is 0 Å². The maximum Gasteiger partial charge on any atom is 0.0882 e. The Kier molecular flexibility index (Phi) is 8.28. The molecule has 15 heavy (non-hydrogen) atoms. The first kappa shape index (κ1) is 18.9. The van der Waals surface area contributed by atoms with Crippen LogP contribution >= 0.6 is 4.67 Å². The van der Waals surface area contributed by atoms with Crippen LogP contribution in [0.4, 0.5) is 0 Å². The molecule has 0 nitrogen and oxygen atoms in total. The predicted molar refractivity (Wildman–Crippen MR) is 110 cm³/mol. The van der Waals surface area contributed by atoms with Crippen LogP contribution in [0.25, 0.3) is 0 Å². The summed E-state index contributed by atoms with van der Waals surface area (Å²) in [4.78, 5) is 0. The van der Waals surface area contributed by atoms with Gasteiger partial charge in [-0.05, 0) is 68.4 Å². The van der Waals surface area contributed by atoms with Crippen LogP contribution in [0.5, 0.6) is 0 Å². The lowest BCUT2D eigenvalue weighted by Crippen LogP contribution is -2.15. The zero-order valence-electron chi connectivity index (χ0n) is 6.16. The highest BCUT2D eigenvalue weighted by atomic mass is 34.2. The van der Waals surface area contributed by atoms with E-state index in [0.29, 0.717) is 0 Å². The molecular formula is PS14-. The van der Waals surface area contributed by atoms with Gasteiger partial charge in [0.25, 0.3) is 0 Å². The molecule has 0 heterocycles. The molecule has 0 N–H and O–H groups in total. The molecule has 0 aromatic carbocycles. The van der Waals surface area contributed by atoms with Crippen molar-refractivity contribution in [3.63, 3.8) is 0 Å². The third-order valence-electron chi connectivity index (χ3n) is 0.857. The molecule has 0 aliphatic rings.